The van der Waals surface area contributed by atoms with Gasteiger partial charge >= 0.3 is 0 Å². The third kappa shape index (κ3) is 1.95. The molecular weight excluding hydrogens is 252 g/mol. The van der Waals surface area contributed by atoms with Crippen molar-refractivity contribution in [3.63, 3.8) is 0 Å². The van der Waals surface area contributed by atoms with Crippen molar-refractivity contribution < 1.29 is 9.59 Å². The maximum Gasteiger partial charge on any atom is 0.265 e. The van der Waals surface area contributed by atoms with Gasteiger partial charge in [-0.15, -0.1) is 0 Å². The molecule has 0 aromatic heterocycles. The van der Waals surface area contributed by atoms with E-state index in [9.17, 15) is 9.59 Å². The van der Waals surface area contributed by atoms with Gasteiger partial charge in [0.25, 0.3) is 5.91 Å². The number of rotatable bonds is 1. The van der Waals surface area contributed by atoms with Crippen molar-refractivity contribution in [3.05, 3.63) is 59.2 Å². The number of aryl methyl sites for hydroxylation is 1. The van der Waals surface area contributed by atoms with Crippen LogP contribution in [-0.4, -0.2) is 11.8 Å². The summed E-state index contributed by atoms with van der Waals surface area (Å²) in [5, 5.41) is 0. The normalized spacial score (nSPS) is 14.3. The van der Waals surface area contributed by atoms with E-state index in [-0.39, 0.29) is 18.2 Å². The van der Waals surface area contributed by atoms with Crippen LogP contribution in [0.3, 0.4) is 0 Å². The highest BCUT2D eigenvalue weighted by Crippen LogP contribution is 2.26. The molecule has 20 heavy (non-hydrogen) atoms. The lowest BCUT2D eigenvalue weighted by atomic mass is 9.97. The summed E-state index contributed by atoms with van der Waals surface area (Å²) < 4.78 is 0. The van der Waals surface area contributed by atoms with Crippen molar-refractivity contribution in [2.24, 2.45) is 0 Å². The van der Waals surface area contributed by atoms with Gasteiger partial charge < -0.3 is 5.73 Å². The molecule has 0 radical (unpaired) electrons. The Hall–Kier alpha value is -2.62. The molecule has 0 bridgehead atoms. The van der Waals surface area contributed by atoms with Crippen LogP contribution in [0, 0.1) is 6.92 Å². The quantitative estimate of drug-likeness (QED) is 0.636. The van der Waals surface area contributed by atoms with Crippen molar-refractivity contribution in [1.29, 1.82) is 0 Å². The molecule has 1 heterocycles. The molecule has 0 saturated carbocycles. The van der Waals surface area contributed by atoms with Crippen molar-refractivity contribution in [2.75, 3.05) is 10.6 Å². The number of nitrogens with zero attached hydrogens (tertiary/aromatic N) is 1. The van der Waals surface area contributed by atoms with E-state index in [4.69, 9.17) is 5.73 Å². The number of hydrogen-bond acceptors (Lipinski definition) is 3. The fourth-order valence-corrected chi connectivity index (χ4v) is 2.38. The maximum absolute atomic E-state index is 12.5. The molecule has 2 N–H and O–H groups in total. The predicted molar refractivity (Wildman–Crippen MR) is 77.6 cm³/mol. The first-order valence-electron chi connectivity index (χ1n) is 6.38. The lowest BCUT2D eigenvalue weighted by Gasteiger charge is -2.27. The summed E-state index contributed by atoms with van der Waals surface area (Å²) >= 11 is 0. The number of fused-ring (bicyclic) bond motifs is 1. The average molecular weight is 266 g/mol. The summed E-state index contributed by atoms with van der Waals surface area (Å²) in [5.41, 5.74) is 9.16. The first-order chi connectivity index (χ1) is 9.56. The predicted octanol–water partition coefficient (Wildman–Crippen LogP) is 2.31. The van der Waals surface area contributed by atoms with Gasteiger partial charge in [0.1, 0.15) is 0 Å². The zero-order valence-corrected chi connectivity index (χ0v) is 11.1. The smallest absolute Gasteiger partial charge is 0.265 e. The molecule has 0 unspecified atom stereocenters. The van der Waals surface area contributed by atoms with Gasteiger partial charge in [-0.05, 0) is 36.8 Å². The van der Waals surface area contributed by atoms with Crippen molar-refractivity contribution in [2.45, 2.75) is 13.3 Å². The zero-order valence-electron chi connectivity index (χ0n) is 11.1. The number of benzene rings is 2. The van der Waals surface area contributed by atoms with Crippen LogP contribution in [0.15, 0.2) is 42.5 Å². The van der Waals surface area contributed by atoms with Crippen LogP contribution in [0.1, 0.15) is 21.5 Å². The van der Waals surface area contributed by atoms with Crippen LogP contribution in [0.25, 0.3) is 0 Å². The second-order valence-corrected chi connectivity index (χ2v) is 4.96. The maximum atomic E-state index is 12.5. The van der Waals surface area contributed by atoms with E-state index in [2.05, 4.69) is 0 Å². The largest absolute Gasteiger partial charge is 0.399 e. The standard InChI is InChI=1S/C16H14N2O2/c1-10-2-6-13(7-3-10)18-15(19)8-11-4-5-12(17)9-14(11)16(18)20/h2-7,9H,8,17H2,1H3. The molecule has 0 fully saturated rings. The van der Waals surface area contributed by atoms with Crippen molar-refractivity contribution in [1.82, 2.24) is 0 Å². The van der Waals surface area contributed by atoms with E-state index in [1.54, 1.807) is 30.3 Å². The molecule has 4 heteroatoms. The van der Waals surface area contributed by atoms with Gasteiger partial charge in [-0.1, -0.05) is 23.8 Å². The molecule has 2 aromatic rings. The molecule has 100 valence electrons. The molecule has 0 spiro atoms. The molecule has 0 aliphatic carbocycles. The number of anilines is 2. The number of nitrogens with two attached hydrogens (primary N) is 1. The molecular formula is C16H14N2O2. The molecule has 1 aliphatic heterocycles. The Balaban J connectivity index is 2.07. The number of amides is 2. The van der Waals surface area contributed by atoms with Crippen LogP contribution in [0.2, 0.25) is 0 Å². The first kappa shape index (κ1) is 12.4. The number of imide groups is 1. The fraction of sp³-hybridized carbons (Fsp3) is 0.125. The number of nitrogen functional groups attached to an aromatic ring is 1. The van der Waals surface area contributed by atoms with E-state index in [0.717, 1.165) is 11.1 Å². The minimum absolute atomic E-state index is 0.212. The Morgan fingerprint density at radius 1 is 1.05 bits per heavy atom. The van der Waals surface area contributed by atoms with Crippen molar-refractivity contribution >= 4 is 23.2 Å². The van der Waals surface area contributed by atoms with Gasteiger partial charge in [0, 0.05) is 11.3 Å². The van der Waals surface area contributed by atoms with Crippen LogP contribution >= 0.6 is 0 Å². The molecule has 2 aromatic carbocycles. The first-order valence-corrected chi connectivity index (χ1v) is 6.38. The highest BCUT2D eigenvalue weighted by atomic mass is 16.2. The number of carbonyl (C=O) groups is 2. The average Bonchev–Trinajstić information content (AvgIpc) is 2.42. The minimum atomic E-state index is -0.313. The van der Waals surface area contributed by atoms with Gasteiger partial charge in [-0.3, -0.25) is 9.59 Å². The Morgan fingerprint density at radius 2 is 1.75 bits per heavy atom. The van der Waals surface area contributed by atoms with Gasteiger partial charge in [0.05, 0.1) is 12.1 Å². The third-order valence-electron chi connectivity index (χ3n) is 3.45. The highest BCUT2D eigenvalue weighted by molar-refractivity contribution is 6.24. The van der Waals surface area contributed by atoms with E-state index in [1.807, 2.05) is 19.1 Å². The molecule has 0 atom stereocenters. The summed E-state index contributed by atoms with van der Waals surface area (Å²) in [4.78, 5) is 25.9. The Kier molecular flexibility index (Phi) is 2.79. The van der Waals surface area contributed by atoms with E-state index >= 15 is 0 Å². The van der Waals surface area contributed by atoms with Crippen LogP contribution in [-0.2, 0) is 11.2 Å². The monoisotopic (exact) mass is 266 g/mol. The zero-order chi connectivity index (χ0) is 14.3. The summed E-state index contributed by atoms with van der Waals surface area (Å²) in [6.07, 6.45) is 0.217. The van der Waals surface area contributed by atoms with Crippen LogP contribution < -0.4 is 10.6 Å². The van der Waals surface area contributed by atoms with Gasteiger partial charge in [-0.2, -0.15) is 0 Å². The van der Waals surface area contributed by atoms with Crippen molar-refractivity contribution in [3.8, 4) is 0 Å². The molecule has 4 nitrogen and oxygen atoms in total. The van der Waals surface area contributed by atoms with Crippen LogP contribution in [0.4, 0.5) is 11.4 Å². The topological polar surface area (TPSA) is 63.4 Å². The second kappa shape index (κ2) is 4.49. The molecule has 2 amide bonds. The molecule has 0 saturated heterocycles. The Bertz CT molecular complexity index is 705. The van der Waals surface area contributed by atoms with Crippen LogP contribution in [0.5, 0.6) is 0 Å². The third-order valence-corrected chi connectivity index (χ3v) is 3.45. The van der Waals surface area contributed by atoms with Gasteiger partial charge in [0.15, 0.2) is 0 Å². The Morgan fingerprint density at radius 3 is 2.45 bits per heavy atom. The highest BCUT2D eigenvalue weighted by Gasteiger charge is 2.32. The molecule has 1 aliphatic rings. The lowest BCUT2D eigenvalue weighted by Crippen LogP contribution is -2.42. The van der Waals surface area contributed by atoms with Gasteiger partial charge in [-0.25, -0.2) is 4.90 Å². The number of carbonyl (C=O) groups excluding carboxylic acids is 2. The second-order valence-electron chi connectivity index (χ2n) is 4.96. The summed E-state index contributed by atoms with van der Waals surface area (Å²) in [5.74, 6) is -0.525. The SMILES string of the molecule is Cc1ccc(N2C(=O)Cc3ccc(N)cc3C2=O)cc1. The lowest BCUT2D eigenvalue weighted by molar-refractivity contribution is -0.117. The summed E-state index contributed by atoms with van der Waals surface area (Å²) in [6.45, 7) is 1.96. The molecule has 3 rings (SSSR count). The number of hydrogen-bond donors (Lipinski definition) is 1. The van der Waals surface area contributed by atoms with E-state index < -0.39 is 0 Å². The van der Waals surface area contributed by atoms with E-state index in [1.165, 1.54) is 4.90 Å². The van der Waals surface area contributed by atoms with Gasteiger partial charge in [0.2, 0.25) is 5.91 Å². The Labute approximate surface area is 116 Å². The summed E-state index contributed by atoms with van der Waals surface area (Å²) in [6, 6.07) is 12.4. The fourth-order valence-electron chi connectivity index (χ4n) is 2.38. The van der Waals surface area contributed by atoms with E-state index in [0.29, 0.717) is 16.9 Å². The minimum Gasteiger partial charge on any atom is -0.399 e. The summed E-state index contributed by atoms with van der Waals surface area (Å²) in [7, 11) is 0.